The second kappa shape index (κ2) is 9.60. The zero-order chi connectivity index (χ0) is 21.5. The number of hydrogen-bond acceptors (Lipinski definition) is 4. The molecule has 1 atom stereocenters. The van der Waals surface area contributed by atoms with Crippen LogP contribution in [0.15, 0.2) is 72.8 Å². The third-order valence-electron chi connectivity index (χ3n) is 4.56. The van der Waals surface area contributed by atoms with Crippen LogP contribution in [0.25, 0.3) is 0 Å². The lowest BCUT2D eigenvalue weighted by Gasteiger charge is -2.16. The first-order valence-electron chi connectivity index (χ1n) is 9.55. The fraction of sp³-hybridized carbons (Fsp3) is 0.167. The van der Waals surface area contributed by atoms with Gasteiger partial charge in [0.15, 0.2) is 6.10 Å². The predicted octanol–water partition coefficient (Wildman–Crippen LogP) is 4.66. The molecule has 3 aromatic rings. The topological polar surface area (TPSA) is 76.7 Å². The van der Waals surface area contributed by atoms with Crippen LogP contribution in [0.5, 0.6) is 11.5 Å². The van der Waals surface area contributed by atoms with Gasteiger partial charge in [-0.2, -0.15) is 0 Å². The zero-order valence-corrected chi connectivity index (χ0v) is 17.1. The molecular weight excluding hydrogens is 380 g/mol. The summed E-state index contributed by atoms with van der Waals surface area (Å²) in [4.78, 5) is 24.9. The summed E-state index contributed by atoms with van der Waals surface area (Å²) in [5, 5.41) is 5.68. The summed E-state index contributed by atoms with van der Waals surface area (Å²) < 4.78 is 10.9. The van der Waals surface area contributed by atoms with E-state index in [0.29, 0.717) is 22.7 Å². The summed E-state index contributed by atoms with van der Waals surface area (Å²) in [7, 11) is 1.54. The Bertz CT molecular complexity index is 1030. The van der Waals surface area contributed by atoms with Gasteiger partial charge in [-0.15, -0.1) is 0 Å². The highest BCUT2D eigenvalue weighted by Gasteiger charge is 2.17. The fourth-order valence-electron chi connectivity index (χ4n) is 2.83. The number of carbonyl (C=O) groups is 2. The largest absolute Gasteiger partial charge is 0.495 e. The SMILES string of the molecule is COc1ccccc1NC(=O)[C@H](C)Oc1ccc(C(=O)Nc2ccccc2C)cc1. The molecule has 0 aliphatic rings. The number of nitrogens with one attached hydrogen (secondary N) is 2. The van der Waals surface area contributed by atoms with E-state index in [2.05, 4.69) is 10.6 Å². The van der Waals surface area contributed by atoms with Crippen molar-refractivity contribution in [3.8, 4) is 11.5 Å². The number of para-hydroxylation sites is 3. The van der Waals surface area contributed by atoms with Crippen LogP contribution in [0.4, 0.5) is 11.4 Å². The van der Waals surface area contributed by atoms with Crippen molar-refractivity contribution in [1.82, 2.24) is 0 Å². The van der Waals surface area contributed by atoms with Crippen molar-refractivity contribution in [3.63, 3.8) is 0 Å². The van der Waals surface area contributed by atoms with Gasteiger partial charge in [-0.3, -0.25) is 9.59 Å². The third-order valence-corrected chi connectivity index (χ3v) is 4.56. The molecule has 0 saturated carbocycles. The molecule has 3 aromatic carbocycles. The van der Waals surface area contributed by atoms with Gasteiger partial charge >= 0.3 is 0 Å². The monoisotopic (exact) mass is 404 g/mol. The van der Waals surface area contributed by atoms with Crippen LogP contribution < -0.4 is 20.1 Å². The molecule has 2 amide bonds. The maximum atomic E-state index is 12.4. The van der Waals surface area contributed by atoms with Gasteiger partial charge in [0, 0.05) is 11.3 Å². The summed E-state index contributed by atoms with van der Waals surface area (Å²) in [6, 6.07) is 21.4. The molecule has 0 aliphatic heterocycles. The van der Waals surface area contributed by atoms with Crippen LogP contribution in [-0.2, 0) is 4.79 Å². The second-order valence-electron chi connectivity index (χ2n) is 6.74. The van der Waals surface area contributed by atoms with Crippen molar-refractivity contribution in [1.29, 1.82) is 0 Å². The van der Waals surface area contributed by atoms with Crippen LogP contribution >= 0.6 is 0 Å². The summed E-state index contributed by atoms with van der Waals surface area (Å²) in [6.07, 6.45) is -0.735. The number of amides is 2. The number of aryl methyl sites for hydroxylation is 1. The zero-order valence-electron chi connectivity index (χ0n) is 17.1. The predicted molar refractivity (Wildman–Crippen MR) is 117 cm³/mol. The highest BCUT2D eigenvalue weighted by Crippen LogP contribution is 2.24. The molecule has 0 aliphatic carbocycles. The van der Waals surface area contributed by atoms with E-state index in [-0.39, 0.29) is 11.8 Å². The minimum Gasteiger partial charge on any atom is -0.495 e. The maximum absolute atomic E-state index is 12.4. The minimum atomic E-state index is -0.735. The van der Waals surface area contributed by atoms with E-state index in [0.717, 1.165) is 11.3 Å². The molecule has 154 valence electrons. The maximum Gasteiger partial charge on any atom is 0.265 e. The van der Waals surface area contributed by atoms with E-state index >= 15 is 0 Å². The molecule has 2 N–H and O–H groups in total. The van der Waals surface area contributed by atoms with Crippen LogP contribution in [0, 0.1) is 6.92 Å². The number of methoxy groups -OCH3 is 1. The van der Waals surface area contributed by atoms with Crippen molar-refractivity contribution in [2.75, 3.05) is 17.7 Å². The lowest BCUT2D eigenvalue weighted by Crippen LogP contribution is -2.30. The molecule has 0 bridgehead atoms. The highest BCUT2D eigenvalue weighted by atomic mass is 16.5. The van der Waals surface area contributed by atoms with E-state index in [9.17, 15) is 9.59 Å². The van der Waals surface area contributed by atoms with Gasteiger partial charge in [0.2, 0.25) is 0 Å². The van der Waals surface area contributed by atoms with Gasteiger partial charge in [0.05, 0.1) is 12.8 Å². The van der Waals surface area contributed by atoms with Gasteiger partial charge in [-0.25, -0.2) is 0 Å². The number of hydrogen-bond donors (Lipinski definition) is 2. The number of ether oxygens (including phenoxy) is 2. The smallest absolute Gasteiger partial charge is 0.265 e. The number of anilines is 2. The third kappa shape index (κ3) is 5.17. The molecule has 6 nitrogen and oxygen atoms in total. The molecule has 0 spiro atoms. The molecule has 0 saturated heterocycles. The fourth-order valence-corrected chi connectivity index (χ4v) is 2.83. The molecule has 30 heavy (non-hydrogen) atoms. The van der Waals surface area contributed by atoms with Crippen LogP contribution in [-0.4, -0.2) is 25.0 Å². The average Bonchev–Trinajstić information content (AvgIpc) is 2.76. The van der Waals surface area contributed by atoms with Crippen molar-refractivity contribution in [2.45, 2.75) is 20.0 Å². The lowest BCUT2D eigenvalue weighted by molar-refractivity contribution is -0.122. The van der Waals surface area contributed by atoms with Crippen LogP contribution in [0.3, 0.4) is 0 Å². The Balaban J connectivity index is 1.60. The molecule has 0 fully saturated rings. The van der Waals surface area contributed by atoms with Gasteiger partial charge in [0.1, 0.15) is 11.5 Å². The van der Waals surface area contributed by atoms with E-state index in [1.54, 1.807) is 50.4 Å². The quantitative estimate of drug-likeness (QED) is 0.600. The van der Waals surface area contributed by atoms with E-state index < -0.39 is 6.10 Å². The molecular formula is C24H24N2O4. The second-order valence-corrected chi connectivity index (χ2v) is 6.74. The Hall–Kier alpha value is -3.80. The molecule has 0 heterocycles. The molecule has 0 unspecified atom stereocenters. The van der Waals surface area contributed by atoms with Crippen molar-refractivity contribution in [3.05, 3.63) is 83.9 Å². The normalized spacial score (nSPS) is 11.3. The number of benzene rings is 3. The number of carbonyl (C=O) groups excluding carboxylic acids is 2. The van der Waals surface area contributed by atoms with Gasteiger partial charge < -0.3 is 20.1 Å². The Morgan fingerprint density at radius 3 is 2.13 bits per heavy atom. The first-order chi connectivity index (χ1) is 14.5. The number of rotatable bonds is 7. The van der Waals surface area contributed by atoms with Crippen LogP contribution in [0.1, 0.15) is 22.8 Å². The standard InChI is InChI=1S/C24H24N2O4/c1-16-8-4-5-9-20(16)25-24(28)18-12-14-19(15-13-18)30-17(2)23(27)26-21-10-6-7-11-22(21)29-3/h4-15,17H,1-3H3,(H,25,28)(H,26,27)/t17-/m0/s1. The van der Waals surface area contributed by atoms with Gasteiger partial charge in [-0.1, -0.05) is 30.3 Å². The summed E-state index contributed by atoms with van der Waals surface area (Å²) in [6.45, 7) is 3.59. The first kappa shape index (κ1) is 20.9. The highest BCUT2D eigenvalue weighted by molar-refractivity contribution is 6.04. The van der Waals surface area contributed by atoms with E-state index in [1.165, 1.54) is 0 Å². The Labute approximate surface area is 175 Å². The van der Waals surface area contributed by atoms with E-state index in [4.69, 9.17) is 9.47 Å². The lowest BCUT2D eigenvalue weighted by atomic mass is 10.1. The molecule has 0 radical (unpaired) electrons. The van der Waals surface area contributed by atoms with Gasteiger partial charge in [-0.05, 0) is 61.9 Å². The van der Waals surface area contributed by atoms with E-state index in [1.807, 2.05) is 43.3 Å². The summed E-state index contributed by atoms with van der Waals surface area (Å²) in [5.74, 6) is 0.547. The summed E-state index contributed by atoms with van der Waals surface area (Å²) >= 11 is 0. The van der Waals surface area contributed by atoms with Crippen molar-refractivity contribution < 1.29 is 19.1 Å². The van der Waals surface area contributed by atoms with Crippen molar-refractivity contribution >= 4 is 23.2 Å². The minimum absolute atomic E-state index is 0.210. The Kier molecular flexibility index (Phi) is 6.70. The summed E-state index contributed by atoms with van der Waals surface area (Å²) in [5.41, 5.74) is 2.82. The molecule has 0 aromatic heterocycles. The Morgan fingerprint density at radius 2 is 1.47 bits per heavy atom. The molecule has 6 heteroatoms. The Morgan fingerprint density at radius 1 is 0.833 bits per heavy atom. The van der Waals surface area contributed by atoms with Crippen LogP contribution in [0.2, 0.25) is 0 Å². The average molecular weight is 404 g/mol. The molecule has 3 rings (SSSR count). The van der Waals surface area contributed by atoms with Crippen molar-refractivity contribution in [2.24, 2.45) is 0 Å². The first-order valence-corrected chi connectivity index (χ1v) is 9.55. The van der Waals surface area contributed by atoms with Gasteiger partial charge in [0.25, 0.3) is 11.8 Å².